The summed E-state index contributed by atoms with van der Waals surface area (Å²) in [6, 6.07) is 4.69. The molecule has 2 rings (SSSR count). The molecule has 0 saturated carbocycles. The summed E-state index contributed by atoms with van der Waals surface area (Å²) in [6.45, 7) is 1.90. The monoisotopic (exact) mass is 193 g/mol. The van der Waals surface area contributed by atoms with Crippen LogP contribution in [0.1, 0.15) is 11.1 Å². The van der Waals surface area contributed by atoms with E-state index in [2.05, 4.69) is 4.98 Å². The number of hydrogen-bond donors (Lipinski definition) is 4. The van der Waals surface area contributed by atoms with E-state index in [-0.39, 0.29) is 5.56 Å². The topological polar surface area (TPSA) is 76.5 Å². The van der Waals surface area contributed by atoms with Gasteiger partial charge in [0.15, 0.2) is 0 Å². The van der Waals surface area contributed by atoms with Crippen LogP contribution in [0, 0.1) is 6.92 Å². The third kappa shape index (κ3) is 1.39. The number of aryl methyl sites for hydroxylation is 1. The van der Waals surface area contributed by atoms with E-state index in [1.807, 2.05) is 13.1 Å². The summed E-state index contributed by atoms with van der Waals surface area (Å²) in [5, 5.41) is 27.8. The lowest BCUT2D eigenvalue weighted by Gasteiger charge is -2.14. The van der Waals surface area contributed by atoms with Crippen LogP contribution in [0.15, 0.2) is 24.4 Å². The predicted octanol–water partition coefficient (Wildman–Crippen LogP) is 0.564. The lowest BCUT2D eigenvalue weighted by atomic mass is 10.1. The standard InChI is InChI=1S/C10H11NO3/c1-6-5-11-9-3-2-7(4-8(6)9)10(12,13)14/h2-5,11-14H,1H3. The van der Waals surface area contributed by atoms with E-state index in [1.165, 1.54) is 6.07 Å². The largest absolute Gasteiger partial charge is 0.361 e. The highest BCUT2D eigenvalue weighted by Gasteiger charge is 2.21. The van der Waals surface area contributed by atoms with E-state index < -0.39 is 5.97 Å². The number of aliphatic hydroxyl groups is 3. The minimum atomic E-state index is -2.77. The van der Waals surface area contributed by atoms with Gasteiger partial charge >= 0.3 is 5.97 Å². The molecular weight excluding hydrogens is 182 g/mol. The van der Waals surface area contributed by atoms with Crippen LogP contribution in [0.5, 0.6) is 0 Å². The summed E-state index contributed by atoms with van der Waals surface area (Å²) in [7, 11) is 0. The Balaban J connectivity index is 2.66. The van der Waals surface area contributed by atoms with Gasteiger partial charge in [0.05, 0.1) is 0 Å². The fraction of sp³-hybridized carbons (Fsp3) is 0.200. The molecule has 4 N–H and O–H groups in total. The number of nitrogens with one attached hydrogen (secondary N) is 1. The van der Waals surface area contributed by atoms with Crippen LogP contribution in [0.3, 0.4) is 0 Å². The van der Waals surface area contributed by atoms with Crippen LogP contribution >= 0.6 is 0 Å². The number of aromatic nitrogens is 1. The summed E-state index contributed by atoms with van der Waals surface area (Å²) < 4.78 is 0. The van der Waals surface area contributed by atoms with E-state index in [0.717, 1.165) is 16.5 Å². The highest BCUT2D eigenvalue weighted by Crippen LogP contribution is 2.23. The van der Waals surface area contributed by atoms with Crippen molar-refractivity contribution in [3.8, 4) is 0 Å². The lowest BCUT2D eigenvalue weighted by molar-refractivity contribution is -0.323. The second-order valence-electron chi connectivity index (χ2n) is 3.37. The Morgan fingerprint density at radius 2 is 1.93 bits per heavy atom. The van der Waals surface area contributed by atoms with Crippen molar-refractivity contribution < 1.29 is 15.3 Å². The molecule has 1 aromatic carbocycles. The lowest BCUT2D eigenvalue weighted by Crippen LogP contribution is -2.23. The predicted molar refractivity (Wildman–Crippen MR) is 51.4 cm³/mol. The van der Waals surface area contributed by atoms with Gasteiger partial charge in [0.25, 0.3) is 0 Å². The number of aromatic amines is 1. The smallest absolute Gasteiger partial charge is 0.304 e. The third-order valence-corrected chi connectivity index (χ3v) is 2.28. The first kappa shape index (κ1) is 9.21. The zero-order chi connectivity index (χ0) is 10.3. The number of fused-ring (bicyclic) bond motifs is 1. The second kappa shape index (κ2) is 2.81. The van der Waals surface area contributed by atoms with Gasteiger partial charge in [-0.05, 0) is 30.7 Å². The van der Waals surface area contributed by atoms with Crippen molar-refractivity contribution in [2.24, 2.45) is 0 Å². The molecule has 4 nitrogen and oxygen atoms in total. The number of rotatable bonds is 1. The summed E-state index contributed by atoms with van der Waals surface area (Å²) in [6.07, 6.45) is 1.82. The maximum absolute atomic E-state index is 8.98. The molecule has 0 spiro atoms. The molecule has 14 heavy (non-hydrogen) atoms. The molecule has 0 amide bonds. The molecule has 2 aromatic rings. The van der Waals surface area contributed by atoms with Gasteiger partial charge in [-0.15, -0.1) is 0 Å². The minimum absolute atomic E-state index is 0.0627. The minimum Gasteiger partial charge on any atom is -0.361 e. The van der Waals surface area contributed by atoms with Gasteiger partial charge < -0.3 is 20.3 Å². The first-order valence-corrected chi connectivity index (χ1v) is 4.24. The van der Waals surface area contributed by atoms with Gasteiger partial charge in [0, 0.05) is 22.7 Å². The summed E-state index contributed by atoms with van der Waals surface area (Å²) in [4.78, 5) is 3.02. The SMILES string of the molecule is Cc1c[nH]c2ccc(C(O)(O)O)cc12. The van der Waals surface area contributed by atoms with Crippen LogP contribution in [-0.4, -0.2) is 20.3 Å². The quantitative estimate of drug-likeness (QED) is 0.500. The fourth-order valence-corrected chi connectivity index (χ4v) is 1.47. The Kier molecular flexibility index (Phi) is 1.85. The molecule has 0 radical (unpaired) electrons. The van der Waals surface area contributed by atoms with Gasteiger partial charge in [-0.25, -0.2) is 0 Å². The molecule has 0 fully saturated rings. The molecule has 0 aliphatic rings. The van der Waals surface area contributed by atoms with Crippen molar-refractivity contribution >= 4 is 10.9 Å². The second-order valence-corrected chi connectivity index (χ2v) is 3.37. The van der Waals surface area contributed by atoms with Gasteiger partial charge in [-0.3, -0.25) is 0 Å². The van der Waals surface area contributed by atoms with E-state index >= 15 is 0 Å². The van der Waals surface area contributed by atoms with Gasteiger partial charge in [-0.2, -0.15) is 0 Å². The van der Waals surface area contributed by atoms with Crippen LogP contribution in [0.2, 0.25) is 0 Å². The van der Waals surface area contributed by atoms with Gasteiger partial charge in [0.2, 0.25) is 0 Å². The normalized spacial score (nSPS) is 12.3. The van der Waals surface area contributed by atoms with Gasteiger partial charge in [-0.1, -0.05) is 0 Å². The fourth-order valence-electron chi connectivity index (χ4n) is 1.47. The molecule has 0 aliphatic carbocycles. The Morgan fingerprint density at radius 1 is 1.21 bits per heavy atom. The molecule has 4 heteroatoms. The molecule has 1 aromatic heterocycles. The third-order valence-electron chi connectivity index (χ3n) is 2.28. The Bertz CT molecular complexity index is 468. The average molecular weight is 193 g/mol. The number of hydrogen-bond acceptors (Lipinski definition) is 3. The van der Waals surface area contributed by atoms with Crippen LogP contribution in [0.4, 0.5) is 0 Å². The highest BCUT2D eigenvalue weighted by atomic mass is 16.7. The Labute approximate surface area is 80.4 Å². The van der Waals surface area contributed by atoms with E-state index in [9.17, 15) is 0 Å². The average Bonchev–Trinajstić information content (AvgIpc) is 2.46. The molecule has 0 saturated heterocycles. The Morgan fingerprint density at radius 3 is 2.57 bits per heavy atom. The molecule has 1 heterocycles. The van der Waals surface area contributed by atoms with Crippen LogP contribution in [-0.2, 0) is 5.97 Å². The van der Waals surface area contributed by atoms with Gasteiger partial charge in [0.1, 0.15) is 0 Å². The first-order valence-electron chi connectivity index (χ1n) is 4.24. The van der Waals surface area contributed by atoms with E-state index in [1.54, 1.807) is 12.1 Å². The molecule has 0 unspecified atom stereocenters. The van der Waals surface area contributed by atoms with Crippen molar-refractivity contribution in [1.29, 1.82) is 0 Å². The van der Waals surface area contributed by atoms with Crippen molar-refractivity contribution in [2.45, 2.75) is 12.9 Å². The van der Waals surface area contributed by atoms with E-state index in [0.29, 0.717) is 0 Å². The summed E-state index contributed by atoms with van der Waals surface area (Å²) >= 11 is 0. The van der Waals surface area contributed by atoms with Crippen LogP contribution in [0.25, 0.3) is 10.9 Å². The zero-order valence-corrected chi connectivity index (χ0v) is 7.65. The van der Waals surface area contributed by atoms with Crippen molar-refractivity contribution in [3.63, 3.8) is 0 Å². The number of H-pyrrole nitrogens is 1. The van der Waals surface area contributed by atoms with Crippen molar-refractivity contribution in [1.82, 2.24) is 4.98 Å². The Hall–Kier alpha value is -1.36. The maximum Gasteiger partial charge on any atom is 0.304 e. The molecule has 0 aliphatic heterocycles. The molecule has 0 bridgehead atoms. The summed E-state index contributed by atoms with van der Waals surface area (Å²) in [5.74, 6) is -2.77. The van der Waals surface area contributed by atoms with Crippen LogP contribution < -0.4 is 0 Å². The van der Waals surface area contributed by atoms with Crippen molar-refractivity contribution in [3.05, 3.63) is 35.5 Å². The molecule has 0 atom stereocenters. The molecule has 74 valence electrons. The maximum atomic E-state index is 8.98. The van der Waals surface area contributed by atoms with Crippen molar-refractivity contribution in [2.75, 3.05) is 0 Å². The first-order chi connectivity index (χ1) is 6.48. The zero-order valence-electron chi connectivity index (χ0n) is 7.65. The molecular formula is C10H11NO3. The van der Waals surface area contributed by atoms with E-state index in [4.69, 9.17) is 15.3 Å². The number of benzene rings is 1. The highest BCUT2D eigenvalue weighted by molar-refractivity contribution is 5.83. The summed E-state index contributed by atoms with van der Waals surface area (Å²) in [5.41, 5.74) is 1.95.